The number of hydrogen-bond donors (Lipinski definition) is 2. The molecule has 4 heteroatoms. The maximum Gasteiger partial charge on any atom is 0.338 e. The van der Waals surface area contributed by atoms with Gasteiger partial charge in [0.15, 0.2) is 0 Å². The number of hydrogen-bond acceptors (Lipinski definition) is 2. The molecule has 4 nitrogen and oxygen atoms in total. The number of H-pyrrole nitrogens is 1. The van der Waals surface area contributed by atoms with Crippen LogP contribution in [-0.4, -0.2) is 21.0 Å². The summed E-state index contributed by atoms with van der Waals surface area (Å²) in [6.07, 6.45) is 0. The zero-order valence-electron chi connectivity index (χ0n) is 8.88. The van der Waals surface area contributed by atoms with Crippen molar-refractivity contribution in [2.24, 2.45) is 0 Å². The molecule has 2 aromatic rings. The maximum absolute atomic E-state index is 11.1. The van der Waals surface area contributed by atoms with Crippen LogP contribution in [0.3, 0.4) is 0 Å². The lowest BCUT2D eigenvalue weighted by Crippen LogP contribution is -2.02. The third-order valence-corrected chi connectivity index (χ3v) is 2.63. The molecular weight excluding hydrogens is 192 g/mol. The van der Waals surface area contributed by atoms with Crippen molar-refractivity contribution >= 4 is 17.0 Å². The van der Waals surface area contributed by atoms with E-state index in [1.807, 2.05) is 26.8 Å². The fraction of sp³-hybridized carbons (Fsp3) is 0.273. The molecule has 1 aromatic heterocycles. The van der Waals surface area contributed by atoms with Gasteiger partial charge in [-0.15, -0.1) is 0 Å². The summed E-state index contributed by atoms with van der Waals surface area (Å²) in [4.78, 5) is 18.4. The fourth-order valence-corrected chi connectivity index (χ4v) is 1.77. The quantitative estimate of drug-likeness (QED) is 0.748. The van der Waals surface area contributed by atoms with Crippen LogP contribution in [-0.2, 0) is 0 Å². The second-order valence-electron chi connectivity index (χ2n) is 3.71. The molecule has 0 bridgehead atoms. The fourth-order valence-electron chi connectivity index (χ4n) is 1.77. The summed E-state index contributed by atoms with van der Waals surface area (Å²) in [6.45, 7) is 5.52. The monoisotopic (exact) mass is 204 g/mol. The van der Waals surface area contributed by atoms with Crippen LogP contribution in [0.5, 0.6) is 0 Å². The Morgan fingerprint density at radius 1 is 1.40 bits per heavy atom. The maximum atomic E-state index is 11.1. The van der Waals surface area contributed by atoms with Crippen LogP contribution < -0.4 is 0 Å². The van der Waals surface area contributed by atoms with Gasteiger partial charge in [-0.05, 0) is 38.0 Å². The topological polar surface area (TPSA) is 66.0 Å². The largest absolute Gasteiger partial charge is 0.478 e. The van der Waals surface area contributed by atoms with Crippen molar-refractivity contribution in [3.05, 3.63) is 28.6 Å². The van der Waals surface area contributed by atoms with Crippen molar-refractivity contribution in [1.29, 1.82) is 0 Å². The summed E-state index contributed by atoms with van der Waals surface area (Å²) in [6, 6.07) is 1.90. The van der Waals surface area contributed by atoms with Crippen LogP contribution >= 0.6 is 0 Å². The van der Waals surface area contributed by atoms with E-state index in [0.29, 0.717) is 16.6 Å². The molecule has 2 rings (SSSR count). The summed E-state index contributed by atoms with van der Waals surface area (Å²) in [5, 5.41) is 9.15. The summed E-state index contributed by atoms with van der Waals surface area (Å²) in [5.74, 6) is -0.178. The zero-order chi connectivity index (χ0) is 11.2. The number of carboxylic acids is 1. The Bertz CT molecular complexity index is 555. The molecule has 0 atom stereocenters. The van der Waals surface area contributed by atoms with Crippen LogP contribution in [0, 0.1) is 20.8 Å². The van der Waals surface area contributed by atoms with E-state index in [1.165, 1.54) is 0 Å². The molecule has 0 aliphatic rings. The van der Waals surface area contributed by atoms with E-state index in [1.54, 1.807) is 0 Å². The highest BCUT2D eigenvalue weighted by Gasteiger charge is 2.16. The molecule has 0 radical (unpaired) electrons. The molecular formula is C11H12N2O2. The minimum Gasteiger partial charge on any atom is -0.478 e. The van der Waals surface area contributed by atoms with Crippen molar-refractivity contribution in [2.75, 3.05) is 0 Å². The number of imidazole rings is 1. The van der Waals surface area contributed by atoms with Crippen molar-refractivity contribution in [1.82, 2.24) is 9.97 Å². The average molecular weight is 204 g/mol. The third-order valence-electron chi connectivity index (χ3n) is 2.63. The summed E-state index contributed by atoms with van der Waals surface area (Å²) >= 11 is 0. The first-order valence-electron chi connectivity index (χ1n) is 4.70. The number of nitrogens with zero attached hydrogens (tertiary/aromatic N) is 1. The Morgan fingerprint density at radius 2 is 2.07 bits per heavy atom. The molecule has 15 heavy (non-hydrogen) atoms. The molecule has 0 saturated carbocycles. The molecule has 0 aliphatic carbocycles. The Kier molecular flexibility index (Phi) is 2.00. The van der Waals surface area contributed by atoms with E-state index in [-0.39, 0.29) is 0 Å². The van der Waals surface area contributed by atoms with Gasteiger partial charge in [0.05, 0.1) is 16.6 Å². The van der Waals surface area contributed by atoms with Crippen LogP contribution in [0.15, 0.2) is 6.07 Å². The number of aromatic carboxylic acids is 1. The van der Waals surface area contributed by atoms with Crippen LogP contribution in [0.25, 0.3) is 11.0 Å². The molecule has 1 aromatic carbocycles. The van der Waals surface area contributed by atoms with E-state index in [9.17, 15) is 4.79 Å². The molecule has 0 unspecified atom stereocenters. The van der Waals surface area contributed by atoms with Crippen LogP contribution in [0.2, 0.25) is 0 Å². The first kappa shape index (κ1) is 9.71. The predicted octanol–water partition coefficient (Wildman–Crippen LogP) is 2.19. The number of carboxylic acid groups (broad SMARTS) is 1. The lowest BCUT2D eigenvalue weighted by Gasteiger charge is -2.05. The van der Waals surface area contributed by atoms with E-state index in [0.717, 1.165) is 17.0 Å². The Morgan fingerprint density at radius 3 is 2.67 bits per heavy atom. The van der Waals surface area contributed by atoms with Gasteiger partial charge in [-0.25, -0.2) is 9.78 Å². The number of benzene rings is 1. The first-order chi connectivity index (χ1) is 7.00. The molecule has 0 fully saturated rings. The van der Waals surface area contributed by atoms with Crippen molar-refractivity contribution < 1.29 is 9.90 Å². The smallest absolute Gasteiger partial charge is 0.338 e. The zero-order valence-corrected chi connectivity index (χ0v) is 8.88. The number of rotatable bonds is 1. The van der Waals surface area contributed by atoms with E-state index >= 15 is 0 Å². The number of carbonyl (C=O) groups is 1. The van der Waals surface area contributed by atoms with E-state index in [2.05, 4.69) is 9.97 Å². The highest BCUT2D eigenvalue weighted by Crippen LogP contribution is 2.23. The normalized spacial score (nSPS) is 10.9. The van der Waals surface area contributed by atoms with Gasteiger partial charge in [-0.1, -0.05) is 0 Å². The second-order valence-corrected chi connectivity index (χ2v) is 3.71. The minimum absolute atomic E-state index is 0.325. The Balaban J connectivity index is 2.94. The van der Waals surface area contributed by atoms with E-state index < -0.39 is 5.97 Å². The van der Waals surface area contributed by atoms with Crippen molar-refractivity contribution in [2.45, 2.75) is 20.8 Å². The summed E-state index contributed by atoms with van der Waals surface area (Å²) in [5.41, 5.74) is 3.40. The number of fused-ring (bicyclic) bond motifs is 1. The van der Waals surface area contributed by atoms with Gasteiger partial charge < -0.3 is 10.1 Å². The molecule has 0 saturated heterocycles. The number of aromatic amines is 1. The SMILES string of the molecule is Cc1nc2cc(C)c(C)c(C(=O)O)c2[nH]1. The predicted molar refractivity (Wildman–Crippen MR) is 57.3 cm³/mol. The summed E-state index contributed by atoms with van der Waals surface area (Å²) in [7, 11) is 0. The van der Waals surface area contributed by atoms with Gasteiger partial charge in [0.25, 0.3) is 0 Å². The highest BCUT2D eigenvalue weighted by molar-refractivity contribution is 6.03. The van der Waals surface area contributed by atoms with Gasteiger partial charge in [0.1, 0.15) is 5.82 Å². The van der Waals surface area contributed by atoms with Crippen LogP contribution in [0.1, 0.15) is 27.3 Å². The summed E-state index contributed by atoms with van der Waals surface area (Å²) < 4.78 is 0. The van der Waals surface area contributed by atoms with Gasteiger partial charge in [-0.2, -0.15) is 0 Å². The lowest BCUT2D eigenvalue weighted by atomic mass is 10.0. The van der Waals surface area contributed by atoms with Crippen LogP contribution in [0.4, 0.5) is 0 Å². The standard InChI is InChI=1S/C11H12N2O2/c1-5-4-8-10(13-7(3)12-8)9(6(5)2)11(14)15/h4H,1-3H3,(H,12,13)(H,14,15). The average Bonchev–Trinajstić information content (AvgIpc) is 2.46. The second kappa shape index (κ2) is 3.08. The van der Waals surface area contributed by atoms with Gasteiger partial charge in [-0.3, -0.25) is 0 Å². The van der Waals surface area contributed by atoms with Crippen molar-refractivity contribution in [3.8, 4) is 0 Å². The Labute approximate surface area is 87.0 Å². The highest BCUT2D eigenvalue weighted by atomic mass is 16.4. The lowest BCUT2D eigenvalue weighted by molar-refractivity contribution is 0.0698. The van der Waals surface area contributed by atoms with Crippen molar-refractivity contribution in [3.63, 3.8) is 0 Å². The molecule has 2 N–H and O–H groups in total. The minimum atomic E-state index is -0.912. The molecule has 0 spiro atoms. The van der Waals surface area contributed by atoms with Gasteiger partial charge >= 0.3 is 5.97 Å². The molecule has 1 heterocycles. The molecule has 78 valence electrons. The molecule has 0 amide bonds. The van der Waals surface area contributed by atoms with Gasteiger partial charge in [0.2, 0.25) is 0 Å². The Hall–Kier alpha value is -1.84. The molecule has 0 aliphatic heterocycles. The number of nitrogens with one attached hydrogen (secondary N) is 1. The van der Waals surface area contributed by atoms with Gasteiger partial charge in [0, 0.05) is 0 Å². The third kappa shape index (κ3) is 1.38. The number of aryl methyl sites for hydroxylation is 2. The first-order valence-corrected chi connectivity index (χ1v) is 4.70. The van der Waals surface area contributed by atoms with E-state index in [4.69, 9.17) is 5.11 Å². The number of aromatic nitrogens is 2.